The molecule has 1 aliphatic heterocycles. The number of piperidine rings is 1. The van der Waals surface area contributed by atoms with Gasteiger partial charge < -0.3 is 10.0 Å². The van der Waals surface area contributed by atoms with Crippen LogP contribution in [0.1, 0.15) is 25.7 Å². The average molecular weight is 182 g/mol. The average Bonchev–Trinajstić information content (AvgIpc) is 2.19. The van der Waals surface area contributed by atoms with Crippen LogP contribution in [0.5, 0.6) is 0 Å². The maximum absolute atomic E-state index is 8.93. The molecule has 74 valence electrons. The number of hydrogen-bond donors (Lipinski definition) is 1. The van der Waals surface area contributed by atoms with E-state index in [0.717, 1.165) is 38.9 Å². The van der Waals surface area contributed by atoms with Crippen LogP contribution in [-0.4, -0.2) is 36.2 Å². The lowest BCUT2D eigenvalue weighted by atomic mass is 9.98. The largest absolute Gasteiger partial charge is 0.396 e. The zero-order valence-electron chi connectivity index (χ0n) is 8.08. The number of aliphatic hydroxyl groups is 1. The van der Waals surface area contributed by atoms with E-state index in [2.05, 4.69) is 11.0 Å². The van der Waals surface area contributed by atoms with Crippen molar-refractivity contribution >= 4 is 0 Å². The molecule has 1 rings (SSSR count). The molecule has 13 heavy (non-hydrogen) atoms. The van der Waals surface area contributed by atoms with Gasteiger partial charge in [-0.25, -0.2) is 0 Å². The molecule has 0 aliphatic carbocycles. The maximum Gasteiger partial charge on any atom is 0.0622 e. The van der Waals surface area contributed by atoms with Gasteiger partial charge in [0.05, 0.1) is 6.07 Å². The Morgan fingerprint density at radius 1 is 1.38 bits per heavy atom. The molecule has 0 saturated carbocycles. The predicted molar refractivity (Wildman–Crippen MR) is 51.1 cm³/mol. The van der Waals surface area contributed by atoms with Gasteiger partial charge in [0, 0.05) is 13.0 Å². The molecule has 0 bridgehead atoms. The van der Waals surface area contributed by atoms with E-state index in [0.29, 0.717) is 18.9 Å². The Kier molecular flexibility index (Phi) is 4.81. The lowest BCUT2D eigenvalue weighted by Gasteiger charge is -2.30. The molecule has 0 aromatic heterocycles. The minimum Gasteiger partial charge on any atom is -0.396 e. The fraction of sp³-hybridized carbons (Fsp3) is 0.900. The van der Waals surface area contributed by atoms with Crippen molar-refractivity contribution in [1.29, 1.82) is 5.26 Å². The van der Waals surface area contributed by atoms with Gasteiger partial charge in [0.2, 0.25) is 0 Å². The van der Waals surface area contributed by atoms with Crippen molar-refractivity contribution in [2.75, 3.05) is 26.2 Å². The van der Waals surface area contributed by atoms with Gasteiger partial charge in [0.1, 0.15) is 0 Å². The fourth-order valence-electron chi connectivity index (χ4n) is 1.77. The standard InChI is InChI=1S/C10H18N2O/c11-5-1-2-6-12-7-3-10(9-13)4-8-12/h10,13H,1-4,6-9H2. The molecule has 0 aromatic rings. The quantitative estimate of drug-likeness (QED) is 0.660. The van der Waals surface area contributed by atoms with Gasteiger partial charge in [-0.1, -0.05) is 0 Å². The Labute approximate surface area is 80.0 Å². The van der Waals surface area contributed by atoms with Crippen LogP contribution in [0.15, 0.2) is 0 Å². The highest BCUT2D eigenvalue weighted by molar-refractivity contribution is 4.74. The highest BCUT2D eigenvalue weighted by Gasteiger charge is 2.17. The molecule has 1 aliphatic rings. The highest BCUT2D eigenvalue weighted by Crippen LogP contribution is 2.16. The van der Waals surface area contributed by atoms with E-state index >= 15 is 0 Å². The monoisotopic (exact) mass is 182 g/mol. The van der Waals surface area contributed by atoms with Gasteiger partial charge in [-0.05, 0) is 44.8 Å². The van der Waals surface area contributed by atoms with Crippen molar-refractivity contribution in [2.24, 2.45) is 5.92 Å². The Hall–Kier alpha value is -0.590. The van der Waals surface area contributed by atoms with Crippen molar-refractivity contribution < 1.29 is 5.11 Å². The van der Waals surface area contributed by atoms with Crippen molar-refractivity contribution in [3.8, 4) is 6.07 Å². The third kappa shape index (κ3) is 3.75. The smallest absolute Gasteiger partial charge is 0.0622 e. The number of hydrogen-bond acceptors (Lipinski definition) is 3. The van der Waals surface area contributed by atoms with Crippen LogP contribution in [0.2, 0.25) is 0 Å². The zero-order chi connectivity index (χ0) is 9.52. The molecule has 1 fully saturated rings. The molecule has 0 atom stereocenters. The molecule has 1 saturated heterocycles. The second-order valence-electron chi connectivity index (χ2n) is 3.73. The summed E-state index contributed by atoms with van der Waals surface area (Å²) in [6.45, 7) is 3.57. The van der Waals surface area contributed by atoms with Crippen molar-refractivity contribution in [1.82, 2.24) is 4.90 Å². The molecule has 1 N–H and O–H groups in total. The van der Waals surface area contributed by atoms with E-state index in [1.807, 2.05) is 0 Å². The number of unbranched alkanes of at least 4 members (excludes halogenated alkanes) is 1. The van der Waals surface area contributed by atoms with Crippen LogP contribution in [0.3, 0.4) is 0 Å². The van der Waals surface area contributed by atoms with E-state index in [1.54, 1.807) is 0 Å². The summed E-state index contributed by atoms with van der Waals surface area (Å²) in [5.74, 6) is 0.521. The lowest BCUT2D eigenvalue weighted by Crippen LogP contribution is -2.35. The molecule has 0 spiro atoms. The summed E-state index contributed by atoms with van der Waals surface area (Å²) in [6.07, 6.45) is 3.88. The van der Waals surface area contributed by atoms with Gasteiger partial charge in [-0.3, -0.25) is 0 Å². The van der Waals surface area contributed by atoms with E-state index in [-0.39, 0.29) is 0 Å². The van der Waals surface area contributed by atoms with E-state index in [4.69, 9.17) is 10.4 Å². The predicted octanol–water partition coefficient (Wildman–Crippen LogP) is 0.994. The van der Waals surface area contributed by atoms with Gasteiger partial charge in [-0.2, -0.15) is 5.26 Å². The van der Waals surface area contributed by atoms with Crippen molar-refractivity contribution in [2.45, 2.75) is 25.7 Å². The number of nitrogens with zero attached hydrogens (tertiary/aromatic N) is 2. The summed E-state index contributed by atoms with van der Waals surface area (Å²) < 4.78 is 0. The Morgan fingerprint density at radius 2 is 2.08 bits per heavy atom. The Bertz CT molecular complexity index is 168. The summed E-state index contributed by atoms with van der Waals surface area (Å²) in [5.41, 5.74) is 0. The molecular formula is C10H18N2O. The van der Waals surface area contributed by atoms with E-state index < -0.39 is 0 Å². The first-order chi connectivity index (χ1) is 6.36. The number of nitriles is 1. The van der Waals surface area contributed by atoms with Gasteiger partial charge in [-0.15, -0.1) is 0 Å². The van der Waals surface area contributed by atoms with Crippen LogP contribution in [0.4, 0.5) is 0 Å². The lowest BCUT2D eigenvalue weighted by molar-refractivity contribution is 0.131. The fourth-order valence-corrected chi connectivity index (χ4v) is 1.77. The first kappa shape index (κ1) is 10.5. The second kappa shape index (κ2) is 5.95. The summed E-state index contributed by atoms with van der Waals surface area (Å²) >= 11 is 0. The van der Waals surface area contributed by atoms with Gasteiger partial charge in [0.25, 0.3) is 0 Å². The molecule has 3 heteroatoms. The molecule has 0 amide bonds. The molecule has 0 unspecified atom stereocenters. The van der Waals surface area contributed by atoms with Crippen molar-refractivity contribution in [3.63, 3.8) is 0 Å². The van der Waals surface area contributed by atoms with E-state index in [9.17, 15) is 0 Å². The van der Waals surface area contributed by atoms with Gasteiger partial charge >= 0.3 is 0 Å². The third-order valence-corrected chi connectivity index (χ3v) is 2.73. The number of aliphatic hydroxyl groups excluding tert-OH is 1. The molecular weight excluding hydrogens is 164 g/mol. The number of likely N-dealkylation sites (tertiary alicyclic amines) is 1. The molecule has 3 nitrogen and oxygen atoms in total. The van der Waals surface area contributed by atoms with Crippen LogP contribution in [0.25, 0.3) is 0 Å². The maximum atomic E-state index is 8.93. The summed E-state index contributed by atoms with van der Waals surface area (Å²) in [4.78, 5) is 2.39. The summed E-state index contributed by atoms with van der Waals surface area (Å²) in [7, 11) is 0. The van der Waals surface area contributed by atoms with Crippen LogP contribution in [0, 0.1) is 17.2 Å². The summed E-state index contributed by atoms with van der Waals surface area (Å²) in [5, 5.41) is 17.3. The van der Waals surface area contributed by atoms with Crippen LogP contribution >= 0.6 is 0 Å². The van der Waals surface area contributed by atoms with Gasteiger partial charge in [0.15, 0.2) is 0 Å². The van der Waals surface area contributed by atoms with E-state index in [1.165, 1.54) is 0 Å². The summed E-state index contributed by atoms with van der Waals surface area (Å²) in [6, 6.07) is 2.16. The van der Waals surface area contributed by atoms with Crippen LogP contribution < -0.4 is 0 Å². The third-order valence-electron chi connectivity index (χ3n) is 2.73. The number of rotatable bonds is 4. The minimum absolute atomic E-state index is 0.339. The first-order valence-corrected chi connectivity index (χ1v) is 5.07. The minimum atomic E-state index is 0.339. The highest BCUT2D eigenvalue weighted by atomic mass is 16.3. The normalized spacial score (nSPS) is 20.0. The zero-order valence-corrected chi connectivity index (χ0v) is 8.08. The molecule has 1 heterocycles. The SMILES string of the molecule is N#CCCCN1CCC(CO)CC1. The van der Waals surface area contributed by atoms with Crippen LogP contribution in [-0.2, 0) is 0 Å². The Morgan fingerprint density at radius 3 is 2.62 bits per heavy atom. The molecule has 0 aromatic carbocycles. The Balaban J connectivity index is 2.07. The topological polar surface area (TPSA) is 47.3 Å². The second-order valence-corrected chi connectivity index (χ2v) is 3.73. The van der Waals surface area contributed by atoms with Crippen molar-refractivity contribution in [3.05, 3.63) is 0 Å². The first-order valence-electron chi connectivity index (χ1n) is 5.07. The molecule has 0 radical (unpaired) electrons.